The molecule has 3 rings (SSSR count). The Morgan fingerprint density at radius 1 is 0.939 bits per heavy atom. The number of halogens is 1. The van der Waals surface area contributed by atoms with Crippen molar-refractivity contribution in [2.45, 2.75) is 45.7 Å². The van der Waals surface area contributed by atoms with Crippen molar-refractivity contribution in [3.8, 4) is 0 Å². The summed E-state index contributed by atoms with van der Waals surface area (Å²) in [6, 6.07) is 23.0. The van der Waals surface area contributed by atoms with Crippen LogP contribution in [0.1, 0.15) is 35.6 Å². The molecule has 3 aromatic rings. The fraction of sp³-hybridized carbons (Fsp3) is 0.286. The zero-order chi connectivity index (χ0) is 23.6. The number of nitrogens with one attached hydrogen (secondary N) is 1. The molecule has 4 nitrogen and oxygen atoms in total. The number of hydrogen-bond donors (Lipinski definition) is 1. The molecule has 0 unspecified atom stereocenters. The SMILES string of the molecule is CCCNC(=O)[C@H](Cc1ccccc1)N(Cc1ccccc1F)C(=O)Cc1cccc(C)c1. The summed E-state index contributed by atoms with van der Waals surface area (Å²) < 4.78 is 14.5. The van der Waals surface area contributed by atoms with Gasteiger partial charge in [-0.1, -0.05) is 85.3 Å². The standard InChI is InChI=1S/C28H31FN2O2/c1-3-16-30-28(33)26(18-22-11-5-4-6-12-22)31(20-24-14-7-8-15-25(24)29)27(32)19-23-13-9-10-21(2)17-23/h4-15,17,26H,3,16,18-20H2,1-2H3,(H,30,33)/t26-/m0/s1. The highest BCUT2D eigenvalue weighted by Gasteiger charge is 2.30. The lowest BCUT2D eigenvalue weighted by atomic mass is 10.0. The van der Waals surface area contributed by atoms with Gasteiger partial charge in [-0.2, -0.15) is 0 Å². The number of carbonyl (C=O) groups is 2. The zero-order valence-electron chi connectivity index (χ0n) is 19.3. The Labute approximate surface area is 195 Å². The summed E-state index contributed by atoms with van der Waals surface area (Å²) in [5.74, 6) is -0.829. The van der Waals surface area contributed by atoms with Gasteiger partial charge in [0.25, 0.3) is 0 Å². The van der Waals surface area contributed by atoms with E-state index in [0.29, 0.717) is 18.5 Å². The Kier molecular flexibility index (Phi) is 8.76. The van der Waals surface area contributed by atoms with Crippen LogP contribution in [-0.4, -0.2) is 29.3 Å². The van der Waals surface area contributed by atoms with Crippen LogP contribution < -0.4 is 5.32 Å². The van der Waals surface area contributed by atoms with Gasteiger partial charge in [0, 0.05) is 25.1 Å². The molecule has 172 valence electrons. The van der Waals surface area contributed by atoms with E-state index in [1.165, 1.54) is 11.0 Å². The molecule has 3 aromatic carbocycles. The molecule has 0 aliphatic rings. The highest BCUT2D eigenvalue weighted by Crippen LogP contribution is 2.18. The summed E-state index contributed by atoms with van der Waals surface area (Å²) in [5.41, 5.74) is 3.25. The summed E-state index contributed by atoms with van der Waals surface area (Å²) >= 11 is 0. The normalized spacial score (nSPS) is 11.6. The fourth-order valence-corrected chi connectivity index (χ4v) is 3.83. The van der Waals surface area contributed by atoms with Crippen LogP contribution in [0.3, 0.4) is 0 Å². The predicted octanol–water partition coefficient (Wildman–Crippen LogP) is 4.84. The first-order valence-electron chi connectivity index (χ1n) is 11.4. The van der Waals surface area contributed by atoms with E-state index in [1.807, 2.05) is 68.4 Å². The molecule has 1 N–H and O–H groups in total. The molecule has 0 saturated carbocycles. The Hall–Kier alpha value is -3.47. The largest absolute Gasteiger partial charge is 0.354 e. The number of nitrogens with zero attached hydrogens (tertiary/aromatic N) is 1. The van der Waals surface area contributed by atoms with Gasteiger partial charge in [-0.05, 0) is 30.5 Å². The van der Waals surface area contributed by atoms with Crippen molar-refractivity contribution in [1.82, 2.24) is 10.2 Å². The van der Waals surface area contributed by atoms with Crippen LogP contribution in [-0.2, 0) is 29.0 Å². The average molecular weight is 447 g/mol. The van der Waals surface area contributed by atoms with Crippen molar-refractivity contribution in [1.29, 1.82) is 0 Å². The molecule has 0 saturated heterocycles. The summed E-state index contributed by atoms with van der Waals surface area (Å²) in [6.45, 7) is 4.49. The molecule has 0 heterocycles. The number of rotatable bonds is 10. The van der Waals surface area contributed by atoms with E-state index in [2.05, 4.69) is 5.32 Å². The predicted molar refractivity (Wildman–Crippen MR) is 129 cm³/mol. The Bertz CT molecular complexity index is 1070. The van der Waals surface area contributed by atoms with E-state index in [9.17, 15) is 14.0 Å². The van der Waals surface area contributed by atoms with E-state index in [-0.39, 0.29) is 24.8 Å². The van der Waals surface area contributed by atoms with Gasteiger partial charge in [0.1, 0.15) is 11.9 Å². The molecule has 0 aromatic heterocycles. The van der Waals surface area contributed by atoms with Crippen molar-refractivity contribution in [2.75, 3.05) is 6.54 Å². The maximum atomic E-state index is 14.5. The van der Waals surface area contributed by atoms with Crippen molar-refractivity contribution >= 4 is 11.8 Å². The highest BCUT2D eigenvalue weighted by atomic mass is 19.1. The van der Waals surface area contributed by atoms with E-state index in [1.54, 1.807) is 18.2 Å². The van der Waals surface area contributed by atoms with Crippen LogP contribution in [0, 0.1) is 12.7 Å². The molecule has 0 aliphatic heterocycles. The first-order valence-corrected chi connectivity index (χ1v) is 11.4. The molecule has 2 amide bonds. The summed E-state index contributed by atoms with van der Waals surface area (Å²) in [6.07, 6.45) is 1.28. The van der Waals surface area contributed by atoms with E-state index in [4.69, 9.17) is 0 Å². The molecular formula is C28H31FN2O2. The van der Waals surface area contributed by atoms with Crippen LogP contribution in [0.15, 0.2) is 78.9 Å². The number of amides is 2. The smallest absolute Gasteiger partial charge is 0.243 e. The third-order valence-electron chi connectivity index (χ3n) is 5.56. The zero-order valence-corrected chi connectivity index (χ0v) is 19.3. The van der Waals surface area contributed by atoms with Crippen molar-refractivity contribution < 1.29 is 14.0 Å². The minimum absolute atomic E-state index is 0.0222. The minimum atomic E-state index is -0.754. The number of aryl methyl sites for hydroxylation is 1. The maximum Gasteiger partial charge on any atom is 0.243 e. The van der Waals surface area contributed by atoms with Gasteiger partial charge in [-0.25, -0.2) is 4.39 Å². The summed E-state index contributed by atoms with van der Waals surface area (Å²) in [7, 11) is 0. The molecule has 5 heteroatoms. The third-order valence-corrected chi connectivity index (χ3v) is 5.56. The van der Waals surface area contributed by atoms with Crippen molar-refractivity contribution in [3.63, 3.8) is 0 Å². The van der Waals surface area contributed by atoms with Crippen LogP contribution in [0.25, 0.3) is 0 Å². The third kappa shape index (κ3) is 7.01. The van der Waals surface area contributed by atoms with Crippen molar-refractivity contribution in [2.24, 2.45) is 0 Å². The lowest BCUT2D eigenvalue weighted by Gasteiger charge is -2.32. The van der Waals surface area contributed by atoms with Crippen LogP contribution in [0.2, 0.25) is 0 Å². The summed E-state index contributed by atoms with van der Waals surface area (Å²) in [5, 5.41) is 2.93. The lowest BCUT2D eigenvalue weighted by Crippen LogP contribution is -2.51. The Morgan fingerprint density at radius 2 is 1.64 bits per heavy atom. The molecule has 0 fully saturated rings. The number of hydrogen-bond acceptors (Lipinski definition) is 2. The highest BCUT2D eigenvalue weighted by molar-refractivity contribution is 5.88. The van der Waals surface area contributed by atoms with E-state index >= 15 is 0 Å². The second kappa shape index (κ2) is 12.0. The maximum absolute atomic E-state index is 14.5. The van der Waals surface area contributed by atoms with Gasteiger partial charge >= 0.3 is 0 Å². The molecular weight excluding hydrogens is 415 g/mol. The molecule has 33 heavy (non-hydrogen) atoms. The molecule has 0 bridgehead atoms. The lowest BCUT2D eigenvalue weighted by molar-refractivity contribution is -0.140. The first-order chi connectivity index (χ1) is 16.0. The number of benzene rings is 3. The van der Waals surface area contributed by atoms with Gasteiger partial charge in [-0.3, -0.25) is 9.59 Å². The van der Waals surface area contributed by atoms with Gasteiger partial charge in [0.05, 0.1) is 6.42 Å². The topological polar surface area (TPSA) is 49.4 Å². The second-order valence-electron chi connectivity index (χ2n) is 8.28. The number of carbonyl (C=O) groups excluding carboxylic acids is 2. The van der Waals surface area contributed by atoms with Gasteiger partial charge < -0.3 is 10.2 Å². The van der Waals surface area contributed by atoms with Crippen LogP contribution in [0.4, 0.5) is 4.39 Å². The molecule has 1 atom stereocenters. The van der Waals surface area contributed by atoms with Gasteiger partial charge in [0.15, 0.2) is 0 Å². The average Bonchev–Trinajstić information content (AvgIpc) is 2.81. The molecule has 0 aliphatic carbocycles. The van der Waals surface area contributed by atoms with Gasteiger partial charge in [0.2, 0.25) is 11.8 Å². The Balaban J connectivity index is 1.96. The minimum Gasteiger partial charge on any atom is -0.354 e. The van der Waals surface area contributed by atoms with Crippen LogP contribution >= 0.6 is 0 Å². The van der Waals surface area contributed by atoms with Crippen LogP contribution in [0.5, 0.6) is 0 Å². The second-order valence-corrected chi connectivity index (χ2v) is 8.28. The van der Waals surface area contributed by atoms with E-state index in [0.717, 1.165) is 23.1 Å². The fourth-order valence-electron chi connectivity index (χ4n) is 3.83. The first kappa shape index (κ1) is 24.2. The summed E-state index contributed by atoms with van der Waals surface area (Å²) in [4.78, 5) is 28.3. The Morgan fingerprint density at radius 3 is 2.33 bits per heavy atom. The quantitative estimate of drug-likeness (QED) is 0.484. The molecule has 0 spiro atoms. The van der Waals surface area contributed by atoms with Gasteiger partial charge in [-0.15, -0.1) is 0 Å². The monoisotopic (exact) mass is 446 g/mol. The van der Waals surface area contributed by atoms with Crippen molar-refractivity contribution in [3.05, 3.63) is 107 Å². The van der Waals surface area contributed by atoms with E-state index < -0.39 is 11.9 Å². The molecule has 0 radical (unpaired) electrons.